The monoisotopic (exact) mass is 185 g/mol. The number of rotatable bonds is 0. The van der Waals surface area contributed by atoms with Gasteiger partial charge in [-0.05, 0) is 27.7 Å². The normalized spacial score (nSPS) is 34.2. The molecule has 0 unspecified atom stereocenters. The van der Waals surface area contributed by atoms with E-state index in [-0.39, 0.29) is 11.1 Å². The van der Waals surface area contributed by atoms with E-state index in [4.69, 9.17) is 9.31 Å². The Morgan fingerprint density at radius 3 is 1.54 bits per heavy atom. The Kier molecular flexibility index (Phi) is 1.80. The van der Waals surface area contributed by atoms with Crippen molar-refractivity contribution in [3.63, 3.8) is 0 Å². The molecule has 0 atom stereocenters. The maximum absolute atomic E-state index is 5.67. The van der Waals surface area contributed by atoms with Crippen molar-refractivity contribution in [2.75, 3.05) is 13.2 Å². The predicted octanol–water partition coefficient (Wildman–Crippen LogP) is 0.219. The molecule has 13 heavy (non-hydrogen) atoms. The molecule has 4 nitrogen and oxygen atoms in total. The van der Waals surface area contributed by atoms with E-state index >= 15 is 0 Å². The Labute approximate surface area is 79.4 Å². The number of hydrogen-bond acceptors (Lipinski definition) is 4. The van der Waals surface area contributed by atoms with Crippen molar-refractivity contribution in [2.45, 2.75) is 38.8 Å². The van der Waals surface area contributed by atoms with E-state index < -0.39 is 6.82 Å². The maximum Gasteiger partial charge on any atom is 0.394 e. The SMILES string of the molecule is CC1(C)CO[B-]2(N1)NC(C)(C)CO2. The summed E-state index contributed by atoms with van der Waals surface area (Å²) in [5.41, 5.74) is 0.0147. The van der Waals surface area contributed by atoms with Crippen LogP contribution in [0, 0.1) is 0 Å². The minimum absolute atomic E-state index is 0.00736. The van der Waals surface area contributed by atoms with Crippen LogP contribution in [-0.4, -0.2) is 31.1 Å². The molecule has 2 fully saturated rings. The Hall–Kier alpha value is -0.0951. The molecule has 0 aromatic heterocycles. The van der Waals surface area contributed by atoms with E-state index in [2.05, 4.69) is 38.2 Å². The second kappa shape index (κ2) is 2.48. The van der Waals surface area contributed by atoms with Crippen LogP contribution in [0.5, 0.6) is 0 Å². The van der Waals surface area contributed by atoms with Crippen LogP contribution in [0.15, 0.2) is 0 Å². The lowest BCUT2D eigenvalue weighted by atomic mass is 9.87. The van der Waals surface area contributed by atoms with Crippen molar-refractivity contribution in [3.8, 4) is 0 Å². The van der Waals surface area contributed by atoms with Crippen molar-refractivity contribution < 1.29 is 9.31 Å². The summed E-state index contributed by atoms with van der Waals surface area (Å²) in [4.78, 5) is 0. The first kappa shape index (κ1) is 9.46. The van der Waals surface area contributed by atoms with Crippen LogP contribution in [0.2, 0.25) is 0 Å². The number of nitrogens with one attached hydrogen (secondary N) is 2. The highest BCUT2D eigenvalue weighted by Crippen LogP contribution is 2.26. The van der Waals surface area contributed by atoms with E-state index in [0.29, 0.717) is 13.2 Å². The van der Waals surface area contributed by atoms with Crippen LogP contribution in [0.25, 0.3) is 0 Å². The fraction of sp³-hybridized carbons (Fsp3) is 1.00. The summed E-state index contributed by atoms with van der Waals surface area (Å²) in [6.07, 6.45) is 0. The van der Waals surface area contributed by atoms with Crippen molar-refractivity contribution in [2.24, 2.45) is 0 Å². The van der Waals surface area contributed by atoms with Gasteiger partial charge < -0.3 is 19.8 Å². The van der Waals surface area contributed by atoms with Gasteiger partial charge in [-0.1, -0.05) is 0 Å². The fourth-order valence-corrected chi connectivity index (χ4v) is 2.01. The highest BCUT2D eigenvalue weighted by molar-refractivity contribution is 6.63. The molecule has 0 bridgehead atoms. The molecule has 2 heterocycles. The third-order valence-corrected chi connectivity index (χ3v) is 2.52. The van der Waals surface area contributed by atoms with Gasteiger partial charge in [0.1, 0.15) is 0 Å². The molecule has 0 amide bonds. The fourth-order valence-electron chi connectivity index (χ4n) is 2.01. The van der Waals surface area contributed by atoms with Gasteiger partial charge in [0.15, 0.2) is 0 Å². The zero-order valence-corrected chi connectivity index (χ0v) is 8.81. The summed E-state index contributed by atoms with van der Waals surface area (Å²) in [7, 11) is 0. The summed E-state index contributed by atoms with van der Waals surface area (Å²) in [5, 5.41) is 6.74. The van der Waals surface area contributed by atoms with Gasteiger partial charge in [-0.25, -0.2) is 0 Å². The average molecular weight is 185 g/mol. The molecule has 0 aromatic rings. The van der Waals surface area contributed by atoms with Gasteiger partial charge in [0.25, 0.3) is 0 Å². The van der Waals surface area contributed by atoms with Crippen molar-refractivity contribution in [1.82, 2.24) is 10.5 Å². The van der Waals surface area contributed by atoms with E-state index in [9.17, 15) is 0 Å². The lowest BCUT2D eigenvalue weighted by Crippen LogP contribution is -2.64. The van der Waals surface area contributed by atoms with Crippen LogP contribution in [0.4, 0.5) is 0 Å². The zero-order valence-electron chi connectivity index (χ0n) is 8.81. The third kappa shape index (κ3) is 1.74. The molecule has 2 rings (SSSR count). The van der Waals surface area contributed by atoms with Crippen molar-refractivity contribution >= 4 is 6.82 Å². The molecular weight excluding hydrogens is 167 g/mol. The van der Waals surface area contributed by atoms with Gasteiger partial charge in [0.2, 0.25) is 0 Å². The minimum atomic E-state index is -1.42. The van der Waals surface area contributed by atoms with Crippen molar-refractivity contribution in [1.29, 1.82) is 0 Å². The second-order valence-electron chi connectivity index (χ2n) is 5.39. The Balaban J connectivity index is 2.10. The molecule has 0 aromatic carbocycles. The molecule has 0 radical (unpaired) electrons. The van der Waals surface area contributed by atoms with E-state index in [1.54, 1.807) is 0 Å². The van der Waals surface area contributed by atoms with Gasteiger partial charge >= 0.3 is 6.82 Å². The first-order valence-corrected chi connectivity index (χ1v) is 4.83. The van der Waals surface area contributed by atoms with Crippen LogP contribution in [0.3, 0.4) is 0 Å². The van der Waals surface area contributed by atoms with Gasteiger partial charge in [0.05, 0.1) is 0 Å². The van der Waals surface area contributed by atoms with Gasteiger partial charge in [-0.2, -0.15) is 0 Å². The smallest absolute Gasteiger partial charge is 0.394 e. The van der Waals surface area contributed by atoms with E-state index in [0.717, 1.165) is 0 Å². The van der Waals surface area contributed by atoms with Crippen LogP contribution < -0.4 is 10.5 Å². The third-order valence-electron chi connectivity index (χ3n) is 2.52. The zero-order chi connectivity index (χ0) is 9.74. The molecule has 76 valence electrons. The Bertz CT molecular complexity index is 206. The standard InChI is InChI=1S/C8H18BN2O2/c1-7(2)5-12-9(10-7)11-8(3,4)6-13-9/h10-11H,5-6H2,1-4H3/q-1. The van der Waals surface area contributed by atoms with Crippen molar-refractivity contribution in [3.05, 3.63) is 0 Å². The number of hydrogen-bond donors (Lipinski definition) is 2. The first-order chi connectivity index (χ1) is 5.83. The highest BCUT2D eigenvalue weighted by atomic mass is 16.6. The average Bonchev–Trinajstić information content (AvgIpc) is 2.37. The molecule has 2 aliphatic rings. The van der Waals surface area contributed by atoms with Crippen LogP contribution in [0.1, 0.15) is 27.7 Å². The summed E-state index contributed by atoms with van der Waals surface area (Å²) >= 11 is 0. The maximum atomic E-state index is 5.67. The quantitative estimate of drug-likeness (QED) is 0.529. The summed E-state index contributed by atoms with van der Waals surface area (Å²) in [6.45, 7) is 8.41. The topological polar surface area (TPSA) is 42.5 Å². The molecule has 1 spiro atoms. The van der Waals surface area contributed by atoms with Gasteiger partial charge in [0, 0.05) is 24.3 Å². The lowest BCUT2D eigenvalue weighted by molar-refractivity contribution is 0.207. The molecular formula is C8H18BN2O2-. The van der Waals surface area contributed by atoms with Gasteiger partial charge in [-0.15, -0.1) is 0 Å². The molecule has 0 aliphatic carbocycles. The highest BCUT2D eigenvalue weighted by Gasteiger charge is 2.47. The van der Waals surface area contributed by atoms with E-state index in [1.165, 1.54) is 0 Å². The lowest BCUT2D eigenvalue weighted by Gasteiger charge is -2.33. The Morgan fingerprint density at radius 2 is 1.31 bits per heavy atom. The van der Waals surface area contributed by atoms with Crippen LogP contribution >= 0.6 is 0 Å². The van der Waals surface area contributed by atoms with E-state index in [1.807, 2.05) is 0 Å². The molecule has 0 saturated carbocycles. The molecule has 2 saturated heterocycles. The predicted molar refractivity (Wildman–Crippen MR) is 52.1 cm³/mol. The minimum Gasteiger partial charge on any atom is -0.540 e. The summed E-state index contributed by atoms with van der Waals surface area (Å²) in [6, 6.07) is 0. The van der Waals surface area contributed by atoms with Crippen LogP contribution in [-0.2, 0) is 9.31 Å². The second-order valence-corrected chi connectivity index (χ2v) is 5.39. The largest absolute Gasteiger partial charge is 0.540 e. The first-order valence-electron chi connectivity index (χ1n) is 4.83. The summed E-state index contributed by atoms with van der Waals surface area (Å²) in [5.74, 6) is 0. The summed E-state index contributed by atoms with van der Waals surface area (Å²) < 4.78 is 11.3. The Morgan fingerprint density at radius 1 is 0.923 bits per heavy atom. The molecule has 2 N–H and O–H groups in total. The van der Waals surface area contributed by atoms with Gasteiger partial charge in [-0.3, -0.25) is 0 Å². The molecule has 5 heteroatoms. The molecule has 2 aliphatic heterocycles.